The van der Waals surface area contributed by atoms with Crippen LogP contribution in [-0.4, -0.2) is 143 Å². The summed E-state index contributed by atoms with van der Waals surface area (Å²) in [5.74, 6) is -4.02. The molecule has 326 valence electrons. The van der Waals surface area contributed by atoms with E-state index < -0.39 is 96.1 Å². The Morgan fingerprint density at radius 3 is 2.45 bits per heavy atom. The molecule has 0 radical (unpaired) electrons. The number of aliphatic imine (C=N–C) groups is 1. The number of oxime groups is 1. The lowest BCUT2D eigenvalue weighted by atomic mass is 9.73. The lowest BCUT2D eigenvalue weighted by Crippen LogP contribution is -2.60. The number of fused-ring (bicyclic) bond motifs is 5. The number of nitrogens with one attached hydrogen (secondary N) is 1. The van der Waals surface area contributed by atoms with Crippen molar-refractivity contribution in [1.82, 2.24) is 9.88 Å². The Morgan fingerprint density at radius 1 is 1.12 bits per heavy atom. The van der Waals surface area contributed by atoms with Crippen LogP contribution in [0.25, 0.3) is 0 Å². The van der Waals surface area contributed by atoms with Gasteiger partial charge in [0.2, 0.25) is 11.6 Å². The molecule has 17 heteroatoms. The fourth-order valence-corrected chi connectivity index (χ4v) is 8.64. The van der Waals surface area contributed by atoms with E-state index in [1.807, 2.05) is 32.8 Å². The lowest BCUT2D eigenvalue weighted by Gasteiger charge is -2.48. The van der Waals surface area contributed by atoms with Crippen molar-refractivity contribution < 1.29 is 57.5 Å². The fourth-order valence-electron chi connectivity index (χ4n) is 8.64. The number of rotatable bonds is 8. The molecule has 58 heavy (non-hydrogen) atoms. The molecule has 3 fully saturated rings. The topological polar surface area (TPSA) is 200 Å². The van der Waals surface area contributed by atoms with Crippen molar-refractivity contribution in [2.24, 2.45) is 27.9 Å². The molecule has 2 bridgehead atoms. The third-order valence-corrected chi connectivity index (χ3v) is 11.4. The number of hydrogen-bond donors (Lipinski definition) is 3. The van der Waals surface area contributed by atoms with E-state index in [1.165, 1.54) is 20.0 Å². The third kappa shape index (κ3) is 11.6. The van der Waals surface area contributed by atoms with Crippen LogP contribution in [0.5, 0.6) is 0 Å². The van der Waals surface area contributed by atoms with Gasteiger partial charge in [0.25, 0.3) is 5.91 Å². The SMILES string of the molecule is CC[C@H]1OC(=O)[C@@](C)(F)C[C@H](C)C(O[C@@H]2O[C@H](C)C[C@H](N(C)C)C2O)[C@@]2(C)CC(C)C(=NC(C)=O)C(C)C(OC/C(=N/OCC(=O)Nc3ccccn3)CO2)[C@]1(C)O. The maximum absolute atomic E-state index is 16.8. The second-order valence-electron chi connectivity index (χ2n) is 17.0. The molecular formula is C41H64FN5O11. The molecule has 13 atom stereocenters. The first-order chi connectivity index (χ1) is 27.1. The number of amides is 2. The molecule has 0 aliphatic carbocycles. The fraction of sp³-hybridized carbons (Fsp3) is 0.756. The van der Waals surface area contributed by atoms with Crippen LogP contribution in [0.1, 0.15) is 88.0 Å². The van der Waals surface area contributed by atoms with Gasteiger partial charge in [0.05, 0.1) is 37.1 Å². The van der Waals surface area contributed by atoms with Crippen LogP contribution in [0.3, 0.4) is 0 Å². The summed E-state index contributed by atoms with van der Waals surface area (Å²) in [6.07, 6.45) is -4.30. The number of carbonyl (C=O) groups is 3. The van der Waals surface area contributed by atoms with Gasteiger partial charge in [-0.25, -0.2) is 19.2 Å². The van der Waals surface area contributed by atoms with Gasteiger partial charge >= 0.3 is 5.97 Å². The summed E-state index contributed by atoms with van der Waals surface area (Å²) in [4.78, 5) is 55.2. The zero-order chi connectivity index (χ0) is 43.2. The lowest BCUT2D eigenvalue weighted by molar-refractivity contribution is -0.299. The van der Waals surface area contributed by atoms with E-state index in [4.69, 9.17) is 28.5 Å². The molecule has 3 aliphatic rings. The highest BCUT2D eigenvalue weighted by molar-refractivity contribution is 5.98. The number of cyclic esters (lactones) is 1. The minimum atomic E-state index is -2.56. The van der Waals surface area contributed by atoms with Crippen LogP contribution in [0.15, 0.2) is 34.5 Å². The first kappa shape index (κ1) is 47.2. The predicted octanol–water partition coefficient (Wildman–Crippen LogP) is 3.87. The highest BCUT2D eigenvalue weighted by Gasteiger charge is 2.53. The van der Waals surface area contributed by atoms with Gasteiger partial charge in [-0.3, -0.25) is 9.59 Å². The average molecular weight is 822 g/mol. The molecule has 3 aliphatic heterocycles. The summed E-state index contributed by atoms with van der Waals surface area (Å²) in [5, 5.41) is 30.8. The number of aliphatic hydroxyl groups is 2. The Balaban J connectivity index is 1.89. The number of ether oxygens (including phenoxy) is 5. The summed E-state index contributed by atoms with van der Waals surface area (Å²) < 4.78 is 48.8. The highest BCUT2D eigenvalue weighted by atomic mass is 19.1. The second-order valence-corrected chi connectivity index (χ2v) is 17.0. The van der Waals surface area contributed by atoms with Crippen molar-refractivity contribution in [3.63, 3.8) is 0 Å². The first-order valence-corrected chi connectivity index (χ1v) is 20.1. The molecule has 5 unspecified atom stereocenters. The molecule has 3 N–H and O–H groups in total. The quantitative estimate of drug-likeness (QED) is 0.253. The van der Waals surface area contributed by atoms with Gasteiger partial charge in [-0.05, 0) is 91.4 Å². The van der Waals surface area contributed by atoms with Gasteiger partial charge in [-0.2, -0.15) is 0 Å². The maximum Gasteiger partial charge on any atom is 0.343 e. The number of carbonyl (C=O) groups excluding carboxylic acids is 3. The van der Waals surface area contributed by atoms with Crippen LogP contribution < -0.4 is 5.32 Å². The number of pyridine rings is 1. The van der Waals surface area contributed by atoms with Gasteiger partial charge in [-0.1, -0.05) is 38.9 Å². The number of nitrogens with zero attached hydrogens (tertiary/aromatic N) is 4. The molecule has 16 nitrogen and oxygen atoms in total. The van der Waals surface area contributed by atoms with E-state index in [0.717, 1.165) is 6.92 Å². The van der Waals surface area contributed by atoms with Gasteiger partial charge in [0.1, 0.15) is 29.3 Å². The summed E-state index contributed by atoms with van der Waals surface area (Å²) >= 11 is 0. The summed E-state index contributed by atoms with van der Waals surface area (Å²) in [7, 11) is 3.70. The molecule has 0 aromatic carbocycles. The van der Waals surface area contributed by atoms with E-state index in [9.17, 15) is 24.6 Å². The monoisotopic (exact) mass is 821 g/mol. The van der Waals surface area contributed by atoms with E-state index in [2.05, 4.69) is 20.4 Å². The minimum Gasteiger partial charge on any atom is -0.457 e. The average Bonchev–Trinajstić information content (AvgIpc) is 3.15. The number of anilines is 1. The smallest absolute Gasteiger partial charge is 0.343 e. The summed E-state index contributed by atoms with van der Waals surface area (Å²) in [6.45, 7) is 13.5. The number of hydrogen-bond acceptors (Lipinski definition) is 14. The highest BCUT2D eigenvalue weighted by Crippen LogP contribution is 2.41. The zero-order valence-electron chi connectivity index (χ0n) is 35.8. The zero-order valence-corrected chi connectivity index (χ0v) is 35.8. The predicted molar refractivity (Wildman–Crippen MR) is 213 cm³/mol. The molecule has 3 saturated heterocycles. The largest absolute Gasteiger partial charge is 0.457 e. The Bertz CT molecular complexity index is 1630. The maximum atomic E-state index is 16.8. The van der Waals surface area contributed by atoms with Gasteiger partial charge in [-0.15, -0.1) is 0 Å². The first-order valence-electron chi connectivity index (χ1n) is 20.1. The van der Waals surface area contributed by atoms with Crippen molar-refractivity contribution >= 4 is 35.0 Å². The standard InChI is InChI=1S/C41H64FN5O11/c1-12-30-41(9,52)36-26(5)33(44-27(6)48)23(2)19-40(8,54-21-28(20-53-36)46-55-22-32(49)45-31-15-13-14-16-43-31)35(24(3)18-39(7,42)38(51)57-30)58-37-34(50)29(47(10)11)17-25(4)56-37/h13-16,23-26,29-30,34-37,50,52H,12,17-22H2,1-11H3,(H,43,45,49)/b44-33?,46-28-/t23?,24-,25+,26?,29-,30+,34?,35?,36?,37-,39-,40+,41+/m0/s1. The Hall–Kier alpha value is -3.45. The molecule has 0 spiro atoms. The van der Waals surface area contributed by atoms with Crippen LogP contribution in [-0.2, 0) is 42.9 Å². The minimum absolute atomic E-state index is 0.0795. The summed E-state index contributed by atoms with van der Waals surface area (Å²) in [6, 6.07) is 4.72. The summed E-state index contributed by atoms with van der Waals surface area (Å²) in [5.41, 5.74) is -5.37. The molecule has 0 saturated carbocycles. The van der Waals surface area contributed by atoms with Crippen LogP contribution >= 0.6 is 0 Å². The normalized spacial score (nSPS) is 39.6. The Labute approximate surface area is 341 Å². The number of likely N-dealkylation sites (N-methyl/N-ethyl adjacent to an activating group) is 1. The van der Waals surface area contributed by atoms with Crippen LogP contribution in [0, 0.1) is 17.8 Å². The van der Waals surface area contributed by atoms with Crippen molar-refractivity contribution in [2.45, 2.75) is 148 Å². The number of esters is 1. The van der Waals surface area contributed by atoms with E-state index in [-0.39, 0.29) is 43.9 Å². The third-order valence-electron chi connectivity index (χ3n) is 11.4. The molecule has 4 rings (SSSR count). The number of halogens is 1. The van der Waals surface area contributed by atoms with E-state index in [1.54, 1.807) is 45.9 Å². The van der Waals surface area contributed by atoms with Crippen molar-refractivity contribution in [3.05, 3.63) is 24.4 Å². The molecule has 1 aromatic heterocycles. The number of aromatic nitrogens is 1. The van der Waals surface area contributed by atoms with Gasteiger partial charge in [0, 0.05) is 30.8 Å². The number of alkyl halides is 1. The van der Waals surface area contributed by atoms with Crippen LogP contribution in [0.2, 0.25) is 0 Å². The van der Waals surface area contributed by atoms with E-state index >= 15 is 4.39 Å². The van der Waals surface area contributed by atoms with Gasteiger partial charge in [0.15, 0.2) is 12.9 Å². The van der Waals surface area contributed by atoms with Crippen LogP contribution in [0.4, 0.5) is 10.2 Å². The number of aliphatic hydroxyl groups excluding tert-OH is 1. The van der Waals surface area contributed by atoms with E-state index in [0.29, 0.717) is 18.0 Å². The van der Waals surface area contributed by atoms with Crippen molar-refractivity contribution in [2.75, 3.05) is 39.2 Å². The molecular weight excluding hydrogens is 757 g/mol. The molecule has 1 aromatic rings. The van der Waals surface area contributed by atoms with Gasteiger partial charge < -0.3 is 49.0 Å². The molecule has 2 amide bonds. The van der Waals surface area contributed by atoms with Crippen molar-refractivity contribution in [1.29, 1.82) is 0 Å². The van der Waals surface area contributed by atoms with Crippen molar-refractivity contribution in [3.8, 4) is 0 Å². The Morgan fingerprint density at radius 2 is 1.83 bits per heavy atom. The molecule has 4 heterocycles. The Kier molecular flexibility index (Phi) is 16.1. The second kappa shape index (κ2) is 19.7.